The average molecular weight is 561 g/mol. The molecule has 1 aliphatic rings. The standard InChI is InChI=1S/C42H24S/c1-2-16-38-34(9-1)36-15-6-14-35-33(23-24-39(43-38)42(35)36)31-13-5-10-28-29(31)11-4-12-30(28)32-21-19-27-18-17-25-7-3-8-26-20-22-37(32)41(27)40(25)26/h1-24H. The van der Waals surface area contributed by atoms with Crippen LogP contribution in [0.1, 0.15) is 0 Å². The zero-order valence-electron chi connectivity index (χ0n) is 23.3. The van der Waals surface area contributed by atoms with Gasteiger partial charge in [0.05, 0.1) is 0 Å². The first-order valence-corrected chi connectivity index (χ1v) is 15.7. The normalized spacial score (nSPS) is 12.6. The molecule has 0 atom stereocenters. The van der Waals surface area contributed by atoms with E-state index in [1.807, 2.05) is 11.8 Å². The molecule has 10 rings (SSSR count). The van der Waals surface area contributed by atoms with Crippen molar-refractivity contribution in [1.29, 1.82) is 0 Å². The van der Waals surface area contributed by atoms with Crippen molar-refractivity contribution in [1.82, 2.24) is 0 Å². The van der Waals surface area contributed by atoms with Crippen LogP contribution in [0.2, 0.25) is 0 Å². The molecule has 0 radical (unpaired) electrons. The molecule has 0 nitrogen and oxygen atoms in total. The van der Waals surface area contributed by atoms with Crippen LogP contribution in [-0.4, -0.2) is 0 Å². The van der Waals surface area contributed by atoms with Gasteiger partial charge in [0, 0.05) is 15.2 Å². The minimum Gasteiger partial charge on any atom is -0.0888 e. The summed E-state index contributed by atoms with van der Waals surface area (Å²) in [4.78, 5) is 2.67. The maximum atomic E-state index is 2.33. The van der Waals surface area contributed by atoms with Crippen molar-refractivity contribution in [3.8, 4) is 33.4 Å². The van der Waals surface area contributed by atoms with Gasteiger partial charge in [-0.15, -0.1) is 0 Å². The van der Waals surface area contributed by atoms with E-state index in [1.165, 1.54) is 97.0 Å². The lowest BCUT2D eigenvalue weighted by atomic mass is 9.86. The highest BCUT2D eigenvalue weighted by Crippen LogP contribution is 2.50. The molecule has 0 fully saturated rings. The van der Waals surface area contributed by atoms with Crippen LogP contribution in [0.5, 0.6) is 0 Å². The Balaban J connectivity index is 1.23. The molecule has 9 aromatic carbocycles. The molecule has 0 N–H and O–H groups in total. The molecule has 1 aliphatic heterocycles. The molecule has 0 aliphatic carbocycles. The van der Waals surface area contributed by atoms with Crippen LogP contribution >= 0.6 is 11.8 Å². The smallest absolute Gasteiger partial charge is 0.0207 e. The fraction of sp³-hybridized carbons (Fsp3) is 0. The van der Waals surface area contributed by atoms with Gasteiger partial charge in [-0.05, 0) is 94.0 Å². The number of benzene rings is 9. The van der Waals surface area contributed by atoms with Gasteiger partial charge >= 0.3 is 0 Å². The topological polar surface area (TPSA) is 0 Å². The molecule has 0 amide bonds. The molecular weight excluding hydrogens is 537 g/mol. The Morgan fingerprint density at radius 3 is 1.53 bits per heavy atom. The van der Waals surface area contributed by atoms with E-state index in [-0.39, 0.29) is 0 Å². The highest BCUT2D eigenvalue weighted by Gasteiger charge is 2.21. The van der Waals surface area contributed by atoms with E-state index in [9.17, 15) is 0 Å². The van der Waals surface area contributed by atoms with E-state index in [2.05, 4.69) is 146 Å². The lowest BCUT2D eigenvalue weighted by molar-refractivity contribution is 1.40. The quantitative estimate of drug-likeness (QED) is 0.190. The molecule has 1 heteroatoms. The Kier molecular flexibility index (Phi) is 4.75. The fourth-order valence-corrected chi connectivity index (χ4v) is 8.69. The van der Waals surface area contributed by atoms with Crippen LogP contribution in [0.4, 0.5) is 0 Å². The van der Waals surface area contributed by atoms with Crippen LogP contribution in [0.25, 0.3) is 87.2 Å². The maximum absolute atomic E-state index is 2.33. The molecule has 198 valence electrons. The largest absolute Gasteiger partial charge is 0.0888 e. The Labute approximate surface area is 253 Å². The molecule has 0 saturated heterocycles. The SMILES string of the molecule is c1ccc2c(c1)Sc1ccc(-c3cccc4c(-c5ccc6ccc7cccc8ccc5c6c78)cccc34)c3cccc-2c13. The average Bonchev–Trinajstić information content (AvgIpc) is 3.07. The van der Waals surface area contributed by atoms with Gasteiger partial charge in [-0.1, -0.05) is 145 Å². The first kappa shape index (κ1) is 23.5. The third-order valence-electron chi connectivity index (χ3n) is 9.43. The molecule has 0 aromatic heterocycles. The molecule has 9 aromatic rings. The predicted molar refractivity (Wildman–Crippen MR) is 186 cm³/mol. The summed E-state index contributed by atoms with van der Waals surface area (Å²) >= 11 is 1.89. The number of fused-ring (bicyclic) bond motifs is 3. The van der Waals surface area contributed by atoms with Gasteiger partial charge in [0.2, 0.25) is 0 Å². The van der Waals surface area contributed by atoms with Crippen molar-refractivity contribution >= 4 is 65.6 Å². The molecule has 0 bridgehead atoms. The van der Waals surface area contributed by atoms with Gasteiger partial charge in [0.1, 0.15) is 0 Å². The monoisotopic (exact) mass is 560 g/mol. The van der Waals surface area contributed by atoms with Gasteiger partial charge in [-0.25, -0.2) is 0 Å². The lowest BCUT2D eigenvalue weighted by Crippen LogP contribution is -1.94. The molecule has 1 heterocycles. The van der Waals surface area contributed by atoms with E-state index < -0.39 is 0 Å². The fourth-order valence-electron chi connectivity index (χ4n) is 7.57. The Morgan fingerprint density at radius 1 is 0.256 bits per heavy atom. The Bertz CT molecular complexity index is 2570. The van der Waals surface area contributed by atoms with Crippen molar-refractivity contribution in [2.24, 2.45) is 0 Å². The molecule has 43 heavy (non-hydrogen) atoms. The van der Waals surface area contributed by atoms with Crippen LogP contribution in [0.3, 0.4) is 0 Å². The Morgan fingerprint density at radius 2 is 0.767 bits per heavy atom. The van der Waals surface area contributed by atoms with Crippen LogP contribution in [-0.2, 0) is 0 Å². The first-order chi connectivity index (χ1) is 21.3. The second-order valence-electron chi connectivity index (χ2n) is 11.6. The van der Waals surface area contributed by atoms with E-state index in [0.717, 1.165) is 0 Å². The van der Waals surface area contributed by atoms with E-state index in [4.69, 9.17) is 0 Å². The summed E-state index contributed by atoms with van der Waals surface area (Å²) < 4.78 is 0. The second-order valence-corrected chi connectivity index (χ2v) is 12.7. The van der Waals surface area contributed by atoms with Gasteiger partial charge in [-0.3, -0.25) is 0 Å². The summed E-state index contributed by atoms with van der Waals surface area (Å²) in [7, 11) is 0. The summed E-state index contributed by atoms with van der Waals surface area (Å²) in [5.74, 6) is 0. The van der Waals surface area contributed by atoms with Crippen LogP contribution in [0, 0.1) is 0 Å². The lowest BCUT2D eigenvalue weighted by Gasteiger charge is -2.22. The first-order valence-electron chi connectivity index (χ1n) is 14.9. The number of rotatable bonds is 2. The van der Waals surface area contributed by atoms with Crippen LogP contribution < -0.4 is 0 Å². The van der Waals surface area contributed by atoms with Crippen molar-refractivity contribution in [2.75, 3.05) is 0 Å². The zero-order valence-corrected chi connectivity index (χ0v) is 24.1. The van der Waals surface area contributed by atoms with Crippen molar-refractivity contribution < 1.29 is 0 Å². The summed E-state index contributed by atoms with van der Waals surface area (Å²) in [6.45, 7) is 0. The van der Waals surface area contributed by atoms with Gasteiger partial charge in [-0.2, -0.15) is 0 Å². The summed E-state index contributed by atoms with van der Waals surface area (Å²) in [5.41, 5.74) is 7.81. The summed E-state index contributed by atoms with van der Waals surface area (Å²) in [6.07, 6.45) is 0. The molecule has 0 saturated carbocycles. The van der Waals surface area contributed by atoms with Crippen molar-refractivity contribution in [3.63, 3.8) is 0 Å². The highest BCUT2D eigenvalue weighted by atomic mass is 32.2. The van der Waals surface area contributed by atoms with Gasteiger partial charge < -0.3 is 0 Å². The van der Waals surface area contributed by atoms with Gasteiger partial charge in [0.15, 0.2) is 0 Å². The third kappa shape index (κ3) is 3.23. The highest BCUT2D eigenvalue weighted by molar-refractivity contribution is 7.99. The van der Waals surface area contributed by atoms with E-state index >= 15 is 0 Å². The minimum atomic E-state index is 1.28. The predicted octanol–water partition coefficient (Wildman–Crippen LogP) is 12.4. The van der Waals surface area contributed by atoms with E-state index in [1.54, 1.807) is 0 Å². The molecule has 0 spiro atoms. The van der Waals surface area contributed by atoms with Crippen molar-refractivity contribution in [3.05, 3.63) is 146 Å². The molecular formula is C42H24S. The third-order valence-corrected chi connectivity index (χ3v) is 10.6. The second kappa shape index (κ2) is 8.70. The summed E-state index contributed by atoms with van der Waals surface area (Å²) in [5, 5.41) is 13.2. The van der Waals surface area contributed by atoms with Crippen LogP contribution in [0.15, 0.2) is 155 Å². The van der Waals surface area contributed by atoms with Crippen molar-refractivity contribution in [2.45, 2.75) is 9.79 Å². The minimum absolute atomic E-state index is 1.28. The van der Waals surface area contributed by atoms with E-state index in [0.29, 0.717) is 0 Å². The number of hydrogen-bond acceptors (Lipinski definition) is 1. The zero-order chi connectivity index (χ0) is 28.1. The van der Waals surface area contributed by atoms with Gasteiger partial charge in [0.25, 0.3) is 0 Å². The molecule has 0 unspecified atom stereocenters. The maximum Gasteiger partial charge on any atom is 0.0207 e. The number of hydrogen-bond donors (Lipinski definition) is 0. The summed E-state index contributed by atoms with van der Waals surface area (Å²) in [6, 6.07) is 54.3. The Hall–Kier alpha value is -5.11.